The zero-order valence-electron chi connectivity index (χ0n) is 10.9. The van der Waals surface area contributed by atoms with Crippen molar-refractivity contribution in [1.29, 1.82) is 5.26 Å². The molecule has 1 heterocycles. The number of thiophene rings is 1. The lowest BCUT2D eigenvalue weighted by Gasteiger charge is -2.11. The number of anilines is 1. The molecule has 4 heteroatoms. The van der Waals surface area contributed by atoms with Gasteiger partial charge < -0.3 is 5.32 Å². The Kier molecular flexibility index (Phi) is 4.03. The second-order valence-electron chi connectivity index (χ2n) is 4.68. The first-order valence-corrected chi connectivity index (χ1v) is 7.38. The molecule has 1 aliphatic carbocycles. The van der Waals surface area contributed by atoms with Crippen LogP contribution in [0, 0.1) is 17.2 Å². The predicted molar refractivity (Wildman–Crippen MR) is 73.8 cm³/mol. The van der Waals surface area contributed by atoms with Gasteiger partial charge in [-0.2, -0.15) is 5.26 Å². The molecule has 1 aromatic rings. The molecule has 3 nitrogen and oxygen atoms in total. The van der Waals surface area contributed by atoms with Crippen LogP contribution in [0.3, 0.4) is 0 Å². The molecule has 0 spiro atoms. The van der Waals surface area contributed by atoms with Crippen molar-refractivity contribution in [2.75, 3.05) is 5.32 Å². The van der Waals surface area contributed by atoms with E-state index < -0.39 is 0 Å². The fourth-order valence-electron chi connectivity index (χ4n) is 2.48. The molecule has 0 saturated heterocycles. The summed E-state index contributed by atoms with van der Waals surface area (Å²) in [5, 5.41) is 13.0. The average Bonchev–Trinajstić information content (AvgIpc) is 2.90. The minimum Gasteiger partial charge on any atom is -0.316 e. The molecule has 18 heavy (non-hydrogen) atoms. The lowest BCUT2D eigenvalue weighted by Crippen LogP contribution is -2.21. The summed E-state index contributed by atoms with van der Waals surface area (Å²) >= 11 is 1.59. The van der Waals surface area contributed by atoms with E-state index in [4.69, 9.17) is 0 Å². The predicted octanol–water partition coefficient (Wildman–Crippen LogP) is 3.48. The first-order valence-electron chi connectivity index (χ1n) is 6.56. The highest BCUT2D eigenvalue weighted by molar-refractivity contribution is 7.16. The first kappa shape index (κ1) is 13.1. The van der Waals surface area contributed by atoms with Gasteiger partial charge in [0.05, 0.1) is 5.56 Å². The smallest absolute Gasteiger partial charge is 0.228 e. The van der Waals surface area contributed by atoms with Crippen molar-refractivity contribution in [3.63, 3.8) is 0 Å². The highest BCUT2D eigenvalue weighted by atomic mass is 32.1. The third kappa shape index (κ3) is 2.28. The van der Waals surface area contributed by atoms with Gasteiger partial charge in [-0.15, -0.1) is 11.3 Å². The largest absolute Gasteiger partial charge is 0.316 e. The molecule has 0 bridgehead atoms. The van der Waals surface area contributed by atoms with E-state index in [0.29, 0.717) is 5.56 Å². The molecule has 0 saturated carbocycles. The van der Waals surface area contributed by atoms with E-state index in [2.05, 4.69) is 11.4 Å². The molecule has 2 rings (SSSR count). The minimum absolute atomic E-state index is 0.0495. The molecule has 1 N–H and O–H groups in total. The molecular formula is C14H18N2OS. The third-order valence-electron chi connectivity index (χ3n) is 3.63. The number of nitrogens with zero attached hydrogens (tertiary/aromatic N) is 1. The van der Waals surface area contributed by atoms with Gasteiger partial charge in [0.1, 0.15) is 11.1 Å². The molecule has 0 radical (unpaired) electrons. The molecule has 1 amide bonds. The maximum absolute atomic E-state index is 12.1. The number of fused-ring (bicyclic) bond motifs is 1. The maximum Gasteiger partial charge on any atom is 0.228 e. The fraction of sp³-hybridized carbons (Fsp3) is 0.571. The number of carbonyl (C=O) groups is 1. The molecule has 0 atom stereocenters. The van der Waals surface area contributed by atoms with Gasteiger partial charge in [0.2, 0.25) is 5.91 Å². The van der Waals surface area contributed by atoms with Gasteiger partial charge in [0.25, 0.3) is 0 Å². The zero-order valence-corrected chi connectivity index (χ0v) is 11.7. The van der Waals surface area contributed by atoms with Gasteiger partial charge in [0.15, 0.2) is 0 Å². The zero-order chi connectivity index (χ0) is 13.1. The van der Waals surface area contributed by atoms with E-state index >= 15 is 0 Å². The van der Waals surface area contributed by atoms with E-state index in [-0.39, 0.29) is 11.8 Å². The summed E-state index contributed by atoms with van der Waals surface area (Å²) in [6, 6.07) is 2.25. The molecule has 0 aliphatic heterocycles. The number of amides is 1. The lowest BCUT2D eigenvalue weighted by atomic mass is 10.0. The second-order valence-corrected chi connectivity index (χ2v) is 5.78. The second kappa shape index (κ2) is 5.53. The summed E-state index contributed by atoms with van der Waals surface area (Å²) in [4.78, 5) is 13.3. The maximum atomic E-state index is 12.1. The van der Waals surface area contributed by atoms with Crippen LogP contribution in [-0.4, -0.2) is 5.91 Å². The van der Waals surface area contributed by atoms with Crippen molar-refractivity contribution in [1.82, 2.24) is 0 Å². The number of rotatable bonds is 4. The van der Waals surface area contributed by atoms with Crippen molar-refractivity contribution in [3.05, 3.63) is 16.0 Å². The molecular weight excluding hydrogens is 244 g/mol. The van der Waals surface area contributed by atoms with Gasteiger partial charge >= 0.3 is 0 Å². The summed E-state index contributed by atoms with van der Waals surface area (Å²) in [6.07, 6.45) is 4.85. The number of hydrogen-bond acceptors (Lipinski definition) is 3. The Morgan fingerprint density at radius 3 is 2.78 bits per heavy atom. The molecule has 0 aromatic carbocycles. The molecule has 0 unspecified atom stereocenters. The third-order valence-corrected chi connectivity index (χ3v) is 4.83. The number of hydrogen-bond donors (Lipinski definition) is 1. The molecule has 1 aromatic heterocycles. The van der Waals surface area contributed by atoms with E-state index in [1.165, 1.54) is 10.4 Å². The van der Waals surface area contributed by atoms with Gasteiger partial charge in [0, 0.05) is 10.8 Å². The number of nitrogens with one attached hydrogen (secondary N) is 1. The molecule has 0 fully saturated rings. The summed E-state index contributed by atoms with van der Waals surface area (Å²) in [7, 11) is 0. The van der Waals surface area contributed by atoms with Crippen LogP contribution >= 0.6 is 11.3 Å². The number of aryl methyl sites for hydroxylation is 1. The molecule has 96 valence electrons. The van der Waals surface area contributed by atoms with Crippen LogP contribution in [-0.2, 0) is 17.6 Å². The Morgan fingerprint density at radius 2 is 2.17 bits per heavy atom. The SMILES string of the molecule is CCC(CC)C(=O)Nc1sc2c(c1C#N)CCC2. The van der Waals surface area contributed by atoms with Crippen LogP contribution < -0.4 is 5.32 Å². The Morgan fingerprint density at radius 1 is 1.44 bits per heavy atom. The van der Waals surface area contributed by atoms with E-state index in [1.54, 1.807) is 11.3 Å². The Balaban J connectivity index is 2.20. The Bertz CT molecular complexity index is 495. The standard InChI is InChI=1S/C14H18N2OS/c1-3-9(4-2)13(17)16-14-11(8-15)10-6-5-7-12(10)18-14/h9H,3-7H2,1-2H3,(H,16,17). The monoisotopic (exact) mass is 262 g/mol. The number of carbonyl (C=O) groups excluding carboxylic acids is 1. The molecule has 1 aliphatic rings. The van der Waals surface area contributed by atoms with Crippen LogP contribution in [0.1, 0.15) is 49.1 Å². The average molecular weight is 262 g/mol. The van der Waals surface area contributed by atoms with Gasteiger partial charge in [-0.05, 0) is 37.7 Å². The van der Waals surface area contributed by atoms with Crippen molar-refractivity contribution in [2.45, 2.75) is 46.0 Å². The van der Waals surface area contributed by atoms with Crippen molar-refractivity contribution in [3.8, 4) is 6.07 Å². The van der Waals surface area contributed by atoms with Crippen LogP contribution in [0.2, 0.25) is 0 Å². The quantitative estimate of drug-likeness (QED) is 0.903. The highest BCUT2D eigenvalue weighted by Gasteiger charge is 2.24. The van der Waals surface area contributed by atoms with E-state index in [9.17, 15) is 10.1 Å². The summed E-state index contributed by atoms with van der Waals surface area (Å²) in [6.45, 7) is 4.04. The Labute approximate surface area is 112 Å². The topological polar surface area (TPSA) is 52.9 Å². The normalized spacial score (nSPS) is 13.4. The van der Waals surface area contributed by atoms with Crippen molar-refractivity contribution >= 4 is 22.2 Å². The number of nitriles is 1. The van der Waals surface area contributed by atoms with Crippen LogP contribution in [0.4, 0.5) is 5.00 Å². The Hall–Kier alpha value is -1.34. The summed E-state index contributed by atoms with van der Waals surface area (Å²) < 4.78 is 0. The van der Waals surface area contributed by atoms with E-state index in [0.717, 1.165) is 37.1 Å². The lowest BCUT2D eigenvalue weighted by molar-refractivity contribution is -0.120. The minimum atomic E-state index is 0.0495. The first-order chi connectivity index (χ1) is 8.71. The highest BCUT2D eigenvalue weighted by Crippen LogP contribution is 2.38. The van der Waals surface area contributed by atoms with Crippen LogP contribution in [0.15, 0.2) is 0 Å². The van der Waals surface area contributed by atoms with Gasteiger partial charge in [-0.25, -0.2) is 0 Å². The van der Waals surface area contributed by atoms with Gasteiger partial charge in [-0.1, -0.05) is 13.8 Å². The van der Waals surface area contributed by atoms with Crippen LogP contribution in [0.25, 0.3) is 0 Å². The van der Waals surface area contributed by atoms with Crippen LogP contribution in [0.5, 0.6) is 0 Å². The van der Waals surface area contributed by atoms with Crippen molar-refractivity contribution < 1.29 is 4.79 Å². The van der Waals surface area contributed by atoms with E-state index in [1.807, 2.05) is 13.8 Å². The summed E-state index contributed by atoms with van der Waals surface area (Å²) in [5.74, 6) is 0.102. The van der Waals surface area contributed by atoms with Crippen molar-refractivity contribution in [2.24, 2.45) is 5.92 Å². The summed E-state index contributed by atoms with van der Waals surface area (Å²) in [5.41, 5.74) is 1.87. The van der Waals surface area contributed by atoms with Gasteiger partial charge in [-0.3, -0.25) is 4.79 Å². The fourth-order valence-corrected chi connectivity index (χ4v) is 3.73.